The van der Waals surface area contributed by atoms with E-state index in [0.717, 1.165) is 47.7 Å². The molecule has 0 saturated carbocycles. The highest BCUT2D eigenvalue weighted by Crippen LogP contribution is 2.28. The van der Waals surface area contributed by atoms with E-state index >= 15 is 0 Å². The molecule has 1 atom stereocenters. The van der Waals surface area contributed by atoms with Crippen LogP contribution in [0, 0.1) is 0 Å². The van der Waals surface area contributed by atoms with Gasteiger partial charge in [0.1, 0.15) is 17.8 Å². The van der Waals surface area contributed by atoms with Crippen molar-refractivity contribution in [3.05, 3.63) is 36.9 Å². The number of piperazine rings is 1. The third-order valence-electron chi connectivity index (χ3n) is 4.06. The molecule has 0 aromatic carbocycles. The average Bonchev–Trinajstić information content (AvgIpc) is 3.00. The van der Waals surface area contributed by atoms with Crippen LogP contribution >= 0.6 is 0 Å². The number of nitrogens with zero attached hydrogens (tertiary/aromatic N) is 4. The Morgan fingerprint density at radius 3 is 2.91 bits per heavy atom. The van der Waals surface area contributed by atoms with Crippen molar-refractivity contribution in [3.63, 3.8) is 0 Å². The van der Waals surface area contributed by atoms with Gasteiger partial charge in [-0.1, -0.05) is 0 Å². The predicted molar refractivity (Wildman–Crippen MR) is 86.8 cm³/mol. The van der Waals surface area contributed by atoms with Crippen LogP contribution in [0.25, 0.3) is 22.3 Å². The monoisotopic (exact) mass is 294 g/mol. The normalized spacial score (nSPS) is 18.8. The van der Waals surface area contributed by atoms with Gasteiger partial charge in [0.15, 0.2) is 0 Å². The van der Waals surface area contributed by atoms with E-state index in [-0.39, 0.29) is 0 Å². The quantitative estimate of drug-likeness (QED) is 0.754. The zero-order valence-corrected chi connectivity index (χ0v) is 12.5. The Balaban J connectivity index is 1.78. The van der Waals surface area contributed by atoms with Gasteiger partial charge in [0.25, 0.3) is 0 Å². The van der Waals surface area contributed by atoms with Crippen LogP contribution in [0.15, 0.2) is 36.9 Å². The number of aromatic nitrogens is 4. The first-order chi connectivity index (χ1) is 10.8. The van der Waals surface area contributed by atoms with Crippen molar-refractivity contribution in [1.82, 2.24) is 25.3 Å². The molecule has 1 fully saturated rings. The van der Waals surface area contributed by atoms with Crippen LogP contribution in [-0.4, -0.2) is 45.6 Å². The van der Waals surface area contributed by atoms with Gasteiger partial charge in [-0.15, -0.1) is 0 Å². The van der Waals surface area contributed by atoms with E-state index in [2.05, 4.69) is 43.1 Å². The zero-order valence-electron chi connectivity index (χ0n) is 12.5. The Morgan fingerprint density at radius 2 is 2.09 bits per heavy atom. The van der Waals surface area contributed by atoms with Crippen LogP contribution < -0.4 is 10.2 Å². The zero-order chi connectivity index (χ0) is 14.9. The largest absolute Gasteiger partial charge is 0.353 e. The first-order valence-electron chi connectivity index (χ1n) is 7.54. The molecule has 0 amide bonds. The number of pyridine rings is 1. The molecular formula is C16H18N6. The number of aromatic amines is 1. The second-order valence-electron chi connectivity index (χ2n) is 5.68. The molecule has 1 saturated heterocycles. The van der Waals surface area contributed by atoms with Crippen LogP contribution in [0.4, 0.5) is 5.82 Å². The maximum atomic E-state index is 4.53. The third-order valence-corrected chi connectivity index (χ3v) is 4.06. The van der Waals surface area contributed by atoms with Gasteiger partial charge in [-0.05, 0) is 25.1 Å². The van der Waals surface area contributed by atoms with Crippen molar-refractivity contribution >= 4 is 16.9 Å². The minimum absolute atomic E-state index is 0.470. The number of fused-ring (bicyclic) bond motifs is 1. The second-order valence-corrected chi connectivity index (χ2v) is 5.68. The molecule has 6 nitrogen and oxygen atoms in total. The van der Waals surface area contributed by atoms with Crippen LogP contribution in [-0.2, 0) is 0 Å². The van der Waals surface area contributed by atoms with Crippen LogP contribution in [0.5, 0.6) is 0 Å². The molecule has 3 aromatic heterocycles. The lowest BCUT2D eigenvalue weighted by molar-refractivity contribution is 0.483. The fraction of sp³-hybridized carbons (Fsp3) is 0.312. The van der Waals surface area contributed by atoms with E-state index < -0.39 is 0 Å². The number of anilines is 1. The predicted octanol–water partition coefficient (Wildman–Crippen LogP) is 1.82. The maximum Gasteiger partial charge on any atom is 0.143 e. The molecule has 0 unspecified atom stereocenters. The van der Waals surface area contributed by atoms with Crippen molar-refractivity contribution in [1.29, 1.82) is 0 Å². The molecule has 6 heteroatoms. The molecule has 3 aromatic rings. The Labute approximate surface area is 128 Å². The summed E-state index contributed by atoms with van der Waals surface area (Å²) in [6.07, 6.45) is 5.23. The Hall–Kier alpha value is -2.47. The van der Waals surface area contributed by atoms with E-state index in [1.54, 1.807) is 18.7 Å². The molecule has 0 spiro atoms. The van der Waals surface area contributed by atoms with Gasteiger partial charge >= 0.3 is 0 Å². The minimum Gasteiger partial charge on any atom is -0.353 e. The van der Waals surface area contributed by atoms with E-state index in [1.165, 1.54) is 0 Å². The molecule has 1 aliphatic rings. The lowest BCUT2D eigenvalue weighted by atomic mass is 10.2. The summed E-state index contributed by atoms with van der Waals surface area (Å²) in [4.78, 5) is 18.7. The lowest BCUT2D eigenvalue weighted by Crippen LogP contribution is -2.49. The minimum atomic E-state index is 0.470. The number of nitrogens with one attached hydrogen (secondary N) is 2. The summed E-state index contributed by atoms with van der Waals surface area (Å²) in [5.74, 6) is 1.01. The SMILES string of the molecule is C[C@H]1CN(c2ncnc3[nH]c(-c4ccncc4)cc23)CCN1. The smallest absolute Gasteiger partial charge is 0.143 e. The van der Waals surface area contributed by atoms with Gasteiger partial charge < -0.3 is 15.2 Å². The van der Waals surface area contributed by atoms with Crippen molar-refractivity contribution in [2.45, 2.75) is 13.0 Å². The molecule has 1 aliphatic heterocycles. The lowest BCUT2D eigenvalue weighted by Gasteiger charge is -2.32. The Kier molecular flexibility index (Phi) is 3.23. The maximum absolute atomic E-state index is 4.53. The Bertz CT molecular complexity index is 782. The number of hydrogen-bond donors (Lipinski definition) is 2. The summed E-state index contributed by atoms with van der Waals surface area (Å²) >= 11 is 0. The number of hydrogen-bond acceptors (Lipinski definition) is 5. The molecular weight excluding hydrogens is 276 g/mol. The van der Waals surface area contributed by atoms with Crippen molar-refractivity contribution in [2.24, 2.45) is 0 Å². The van der Waals surface area contributed by atoms with E-state index in [4.69, 9.17) is 0 Å². The molecule has 112 valence electrons. The van der Waals surface area contributed by atoms with E-state index in [0.29, 0.717) is 6.04 Å². The molecule has 0 bridgehead atoms. The summed E-state index contributed by atoms with van der Waals surface area (Å²) in [6, 6.07) is 6.58. The number of H-pyrrole nitrogens is 1. The summed E-state index contributed by atoms with van der Waals surface area (Å²) < 4.78 is 0. The third kappa shape index (κ3) is 2.31. The highest BCUT2D eigenvalue weighted by Gasteiger charge is 2.20. The average molecular weight is 294 g/mol. The summed E-state index contributed by atoms with van der Waals surface area (Å²) in [6.45, 7) is 5.10. The van der Waals surface area contributed by atoms with Gasteiger partial charge in [-0.25, -0.2) is 9.97 Å². The fourth-order valence-corrected chi connectivity index (χ4v) is 2.99. The van der Waals surface area contributed by atoms with Crippen molar-refractivity contribution in [2.75, 3.05) is 24.5 Å². The van der Waals surface area contributed by atoms with Crippen LogP contribution in [0.3, 0.4) is 0 Å². The first kappa shape index (κ1) is 13.2. The van der Waals surface area contributed by atoms with Gasteiger partial charge in [-0.2, -0.15) is 0 Å². The Morgan fingerprint density at radius 1 is 1.23 bits per heavy atom. The van der Waals surface area contributed by atoms with Gasteiger partial charge in [0.05, 0.1) is 5.39 Å². The molecule has 0 radical (unpaired) electrons. The van der Waals surface area contributed by atoms with Crippen molar-refractivity contribution < 1.29 is 0 Å². The summed E-state index contributed by atoms with van der Waals surface area (Å²) in [5, 5.41) is 4.53. The molecule has 2 N–H and O–H groups in total. The van der Waals surface area contributed by atoms with Crippen molar-refractivity contribution in [3.8, 4) is 11.3 Å². The molecule has 4 heterocycles. The summed E-state index contributed by atoms with van der Waals surface area (Å²) in [5.41, 5.74) is 3.03. The topological polar surface area (TPSA) is 69.7 Å². The summed E-state index contributed by atoms with van der Waals surface area (Å²) in [7, 11) is 0. The molecule has 4 rings (SSSR count). The first-order valence-corrected chi connectivity index (χ1v) is 7.54. The highest BCUT2D eigenvalue weighted by atomic mass is 15.2. The second kappa shape index (κ2) is 5.38. The fourth-order valence-electron chi connectivity index (χ4n) is 2.99. The molecule has 0 aliphatic carbocycles. The van der Waals surface area contributed by atoms with E-state index in [9.17, 15) is 0 Å². The van der Waals surface area contributed by atoms with Gasteiger partial charge in [-0.3, -0.25) is 4.98 Å². The number of rotatable bonds is 2. The van der Waals surface area contributed by atoms with E-state index in [1.807, 2.05) is 12.1 Å². The standard InChI is InChI=1S/C16H18N6/c1-11-9-22(7-6-18-11)16-13-8-14(12-2-4-17-5-3-12)21-15(13)19-10-20-16/h2-5,8,10-11,18H,6-7,9H2,1H3,(H,19,20,21)/t11-/m0/s1. The van der Waals surface area contributed by atoms with Gasteiger partial charge in [0.2, 0.25) is 0 Å². The molecule has 22 heavy (non-hydrogen) atoms. The van der Waals surface area contributed by atoms with Gasteiger partial charge in [0, 0.05) is 49.3 Å². The van der Waals surface area contributed by atoms with Crippen LogP contribution in [0.2, 0.25) is 0 Å². The van der Waals surface area contributed by atoms with Crippen LogP contribution in [0.1, 0.15) is 6.92 Å². The highest BCUT2D eigenvalue weighted by molar-refractivity contribution is 5.91.